The van der Waals surface area contributed by atoms with Gasteiger partial charge in [0.25, 0.3) is 0 Å². The first-order valence-electron chi connectivity index (χ1n) is 4.37. The van der Waals surface area contributed by atoms with Crippen LogP contribution in [0.4, 0.5) is 0 Å². The maximum atomic E-state index is 10.3. The Kier molecular flexibility index (Phi) is 3.89. The van der Waals surface area contributed by atoms with Crippen LogP contribution in [-0.2, 0) is 17.6 Å². The summed E-state index contributed by atoms with van der Waals surface area (Å²) in [6.45, 7) is 2.09. The second-order valence-corrected chi connectivity index (χ2v) is 3.76. The molecule has 0 unspecified atom stereocenters. The highest BCUT2D eigenvalue weighted by Gasteiger charge is 2.04. The summed E-state index contributed by atoms with van der Waals surface area (Å²) in [6, 6.07) is 0. The van der Waals surface area contributed by atoms with Gasteiger partial charge in [-0.2, -0.15) is 0 Å². The highest BCUT2D eigenvalue weighted by molar-refractivity contribution is 7.09. The van der Waals surface area contributed by atoms with Gasteiger partial charge >= 0.3 is 5.97 Å². The van der Waals surface area contributed by atoms with E-state index in [0.29, 0.717) is 6.42 Å². The number of hydrogen-bond acceptors (Lipinski definition) is 3. The Morgan fingerprint density at radius 2 is 2.46 bits per heavy atom. The molecular weight excluding hydrogens is 186 g/mol. The van der Waals surface area contributed by atoms with Gasteiger partial charge in [-0.3, -0.25) is 4.79 Å². The van der Waals surface area contributed by atoms with Crippen molar-refractivity contribution in [3.63, 3.8) is 0 Å². The summed E-state index contributed by atoms with van der Waals surface area (Å²) in [4.78, 5) is 15.8. The largest absolute Gasteiger partial charge is 0.481 e. The number of carboxylic acids is 1. The summed E-state index contributed by atoms with van der Waals surface area (Å²) >= 11 is 1.65. The molecule has 0 amide bonds. The van der Waals surface area contributed by atoms with E-state index in [1.165, 1.54) is 4.88 Å². The van der Waals surface area contributed by atoms with Crippen LogP contribution in [0.25, 0.3) is 0 Å². The lowest BCUT2D eigenvalue weighted by atomic mass is 10.1. The highest BCUT2D eigenvalue weighted by atomic mass is 32.1. The molecule has 0 fully saturated rings. The third kappa shape index (κ3) is 3.14. The second kappa shape index (κ2) is 4.97. The van der Waals surface area contributed by atoms with Crippen molar-refractivity contribution < 1.29 is 9.90 Å². The van der Waals surface area contributed by atoms with E-state index in [4.69, 9.17) is 5.11 Å². The van der Waals surface area contributed by atoms with Crippen LogP contribution in [0.3, 0.4) is 0 Å². The molecule has 13 heavy (non-hydrogen) atoms. The number of rotatable bonds is 5. The molecule has 0 aliphatic carbocycles. The van der Waals surface area contributed by atoms with Crippen LogP contribution in [0, 0.1) is 0 Å². The molecular formula is C9H13NO2S. The predicted octanol–water partition coefficient (Wildman–Crippen LogP) is 2.11. The smallest absolute Gasteiger partial charge is 0.303 e. The quantitative estimate of drug-likeness (QED) is 0.790. The van der Waals surface area contributed by atoms with E-state index < -0.39 is 5.97 Å². The van der Waals surface area contributed by atoms with Crippen LogP contribution in [0.5, 0.6) is 0 Å². The summed E-state index contributed by atoms with van der Waals surface area (Å²) in [5.74, 6) is -0.728. The van der Waals surface area contributed by atoms with Gasteiger partial charge in [0.1, 0.15) is 0 Å². The van der Waals surface area contributed by atoms with Crippen molar-refractivity contribution in [1.29, 1.82) is 0 Å². The zero-order valence-electron chi connectivity index (χ0n) is 7.62. The van der Waals surface area contributed by atoms with Crippen molar-refractivity contribution in [2.24, 2.45) is 0 Å². The monoisotopic (exact) mass is 199 g/mol. The highest BCUT2D eigenvalue weighted by Crippen LogP contribution is 2.15. The molecule has 0 aromatic carbocycles. The SMILES string of the molecule is CCc1scnc1CCCC(=O)O. The first-order valence-corrected chi connectivity index (χ1v) is 5.25. The molecule has 1 aromatic rings. The summed E-state index contributed by atoms with van der Waals surface area (Å²) in [7, 11) is 0. The topological polar surface area (TPSA) is 50.2 Å². The van der Waals surface area contributed by atoms with Crippen LogP contribution in [-0.4, -0.2) is 16.1 Å². The zero-order valence-corrected chi connectivity index (χ0v) is 8.43. The van der Waals surface area contributed by atoms with Crippen molar-refractivity contribution in [2.75, 3.05) is 0 Å². The fourth-order valence-corrected chi connectivity index (χ4v) is 1.96. The zero-order chi connectivity index (χ0) is 9.68. The number of hydrogen-bond donors (Lipinski definition) is 1. The lowest BCUT2D eigenvalue weighted by Gasteiger charge is -1.97. The van der Waals surface area contributed by atoms with Crippen molar-refractivity contribution in [2.45, 2.75) is 32.6 Å². The number of thiazole rings is 1. The third-order valence-electron chi connectivity index (χ3n) is 1.85. The van der Waals surface area contributed by atoms with E-state index in [1.807, 2.05) is 5.51 Å². The number of aryl methyl sites for hydroxylation is 2. The first kappa shape index (κ1) is 10.2. The van der Waals surface area contributed by atoms with Gasteiger partial charge in [0.15, 0.2) is 0 Å². The molecule has 72 valence electrons. The fourth-order valence-electron chi connectivity index (χ4n) is 1.19. The summed E-state index contributed by atoms with van der Waals surface area (Å²) < 4.78 is 0. The fraction of sp³-hybridized carbons (Fsp3) is 0.556. The van der Waals surface area contributed by atoms with Crippen LogP contribution in [0.2, 0.25) is 0 Å². The summed E-state index contributed by atoms with van der Waals surface area (Å²) in [5, 5.41) is 8.45. The Labute approximate surface area is 81.4 Å². The molecule has 0 saturated carbocycles. The molecule has 1 aromatic heterocycles. The lowest BCUT2D eigenvalue weighted by molar-refractivity contribution is -0.137. The number of nitrogens with zero attached hydrogens (tertiary/aromatic N) is 1. The van der Waals surface area contributed by atoms with E-state index in [0.717, 1.165) is 18.5 Å². The molecule has 1 N–H and O–H groups in total. The van der Waals surface area contributed by atoms with Gasteiger partial charge in [0, 0.05) is 11.3 Å². The summed E-state index contributed by atoms with van der Waals surface area (Å²) in [6.07, 6.45) is 2.71. The summed E-state index contributed by atoms with van der Waals surface area (Å²) in [5.41, 5.74) is 2.91. The Morgan fingerprint density at radius 1 is 1.69 bits per heavy atom. The van der Waals surface area contributed by atoms with E-state index in [1.54, 1.807) is 11.3 Å². The molecule has 0 spiro atoms. The van der Waals surface area contributed by atoms with Crippen LogP contribution < -0.4 is 0 Å². The normalized spacial score (nSPS) is 10.2. The Balaban J connectivity index is 2.40. The van der Waals surface area contributed by atoms with E-state index in [-0.39, 0.29) is 6.42 Å². The van der Waals surface area contributed by atoms with Crippen molar-refractivity contribution in [3.05, 3.63) is 16.1 Å². The first-order chi connectivity index (χ1) is 6.24. The Bertz CT molecular complexity index is 283. The number of aliphatic carboxylic acids is 1. The van der Waals surface area contributed by atoms with E-state index >= 15 is 0 Å². The third-order valence-corrected chi connectivity index (χ3v) is 2.87. The molecule has 1 rings (SSSR count). The second-order valence-electron chi connectivity index (χ2n) is 2.82. The number of aromatic nitrogens is 1. The van der Waals surface area contributed by atoms with Gasteiger partial charge in [-0.25, -0.2) is 4.98 Å². The van der Waals surface area contributed by atoms with Crippen LogP contribution in [0.1, 0.15) is 30.3 Å². The van der Waals surface area contributed by atoms with Crippen LogP contribution >= 0.6 is 11.3 Å². The lowest BCUT2D eigenvalue weighted by Crippen LogP contribution is -1.97. The molecule has 3 nitrogen and oxygen atoms in total. The van der Waals surface area contributed by atoms with Crippen molar-refractivity contribution >= 4 is 17.3 Å². The maximum absolute atomic E-state index is 10.3. The maximum Gasteiger partial charge on any atom is 0.303 e. The average molecular weight is 199 g/mol. The molecule has 0 atom stereocenters. The van der Waals surface area contributed by atoms with Gasteiger partial charge < -0.3 is 5.11 Å². The minimum absolute atomic E-state index is 0.237. The van der Waals surface area contributed by atoms with Gasteiger partial charge in [-0.15, -0.1) is 11.3 Å². The molecule has 0 aliphatic rings. The standard InChI is InChI=1S/C9H13NO2S/c1-2-8-7(10-6-13-8)4-3-5-9(11)12/h6H,2-5H2,1H3,(H,11,12). The van der Waals surface area contributed by atoms with Crippen LogP contribution in [0.15, 0.2) is 5.51 Å². The van der Waals surface area contributed by atoms with Gasteiger partial charge in [0.2, 0.25) is 0 Å². The Morgan fingerprint density at radius 3 is 3.08 bits per heavy atom. The van der Waals surface area contributed by atoms with E-state index in [2.05, 4.69) is 11.9 Å². The molecule has 1 heterocycles. The molecule has 0 aliphatic heterocycles. The minimum atomic E-state index is -0.728. The van der Waals surface area contributed by atoms with Gasteiger partial charge in [-0.05, 0) is 19.3 Å². The van der Waals surface area contributed by atoms with Gasteiger partial charge in [0.05, 0.1) is 11.2 Å². The molecule has 0 saturated heterocycles. The number of carbonyl (C=O) groups is 1. The van der Waals surface area contributed by atoms with Crippen molar-refractivity contribution in [3.8, 4) is 0 Å². The molecule has 0 radical (unpaired) electrons. The average Bonchev–Trinajstić information content (AvgIpc) is 2.51. The van der Waals surface area contributed by atoms with Gasteiger partial charge in [-0.1, -0.05) is 6.92 Å². The predicted molar refractivity (Wildman–Crippen MR) is 52.1 cm³/mol. The Hall–Kier alpha value is -0.900. The minimum Gasteiger partial charge on any atom is -0.481 e. The number of carboxylic acid groups (broad SMARTS) is 1. The van der Waals surface area contributed by atoms with E-state index in [9.17, 15) is 4.79 Å². The van der Waals surface area contributed by atoms with Crippen molar-refractivity contribution in [1.82, 2.24) is 4.98 Å². The molecule has 4 heteroatoms. The molecule has 0 bridgehead atoms.